The van der Waals surface area contributed by atoms with Crippen LogP contribution in [0.25, 0.3) is 11.1 Å². The highest BCUT2D eigenvalue weighted by molar-refractivity contribution is 7.14. The summed E-state index contributed by atoms with van der Waals surface area (Å²) >= 11 is 1.36. The molecule has 134 valence electrons. The number of aromatic nitrogens is 2. The van der Waals surface area contributed by atoms with Crippen molar-refractivity contribution in [1.82, 2.24) is 15.5 Å². The van der Waals surface area contributed by atoms with Crippen LogP contribution in [0, 0.1) is 0 Å². The third-order valence-corrected chi connectivity index (χ3v) is 4.42. The van der Waals surface area contributed by atoms with Crippen LogP contribution in [0.3, 0.4) is 0 Å². The van der Waals surface area contributed by atoms with Crippen molar-refractivity contribution >= 4 is 28.3 Å². The Labute approximate surface area is 154 Å². The van der Waals surface area contributed by atoms with Crippen molar-refractivity contribution in [2.45, 2.75) is 26.2 Å². The lowest BCUT2D eigenvalue weighted by atomic mass is 9.92. The highest BCUT2D eigenvalue weighted by Crippen LogP contribution is 2.28. The normalized spacial score (nSPS) is 11.2. The molecule has 0 unspecified atom stereocenters. The van der Waals surface area contributed by atoms with Crippen molar-refractivity contribution in [1.29, 1.82) is 0 Å². The van der Waals surface area contributed by atoms with Gasteiger partial charge in [-0.25, -0.2) is 4.79 Å². The zero-order valence-electron chi connectivity index (χ0n) is 14.6. The van der Waals surface area contributed by atoms with Gasteiger partial charge in [0, 0.05) is 29.3 Å². The Morgan fingerprint density at radius 1 is 1.12 bits per heavy atom. The molecule has 0 aromatic carbocycles. The summed E-state index contributed by atoms with van der Waals surface area (Å²) in [5.74, 6) is -0.648. The van der Waals surface area contributed by atoms with E-state index in [9.17, 15) is 9.59 Å². The highest BCUT2D eigenvalue weighted by atomic mass is 32.1. The number of nitrogens with zero attached hydrogens (tertiary/aromatic N) is 2. The minimum Gasteiger partial charge on any atom is -0.351 e. The number of hydrogen-bond acceptors (Lipinski definition) is 6. The van der Waals surface area contributed by atoms with Crippen LogP contribution in [0.5, 0.6) is 0 Å². The fourth-order valence-electron chi connectivity index (χ4n) is 2.14. The van der Waals surface area contributed by atoms with Gasteiger partial charge in [0.1, 0.15) is 0 Å². The Hall–Kier alpha value is -3.00. The van der Waals surface area contributed by atoms with Gasteiger partial charge in [-0.1, -0.05) is 25.9 Å². The lowest BCUT2D eigenvalue weighted by Gasteiger charge is -2.12. The summed E-state index contributed by atoms with van der Waals surface area (Å²) in [5, 5.41) is 11.3. The first-order valence-electron chi connectivity index (χ1n) is 7.91. The molecular formula is C18H18N4O3S. The van der Waals surface area contributed by atoms with E-state index in [2.05, 4.69) is 20.8 Å². The van der Waals surface area contributed by atoms with E-state index in [-0.39, 0.29) is 11.2 Å². The molecule has 7 nitrogen and oxygen atoms in total. The second-order valence-electron chi connectivity index (χ2n) is 6.67. The number of imide groups is 1. The maximum Gasteiger partial charge on any atom is 0.326 e. The molecule has 0 radical (unpaired) electrons. The third kappa shape index (κ3) is 4.15. The van der Waals surface area contributed by atoms with E-state index in [0.717, 1.165) is 11.1 Å². The summed E-state index contributed by atoms with van der Waals surface area (Å²) in [4.78, 5) is 28.1. The molecule has 0 spiro atoms. The molecule has 0 aliphatic heterocycles. The van der Waals surface area contributed by atoms with E-state index in [1.807, 2.05) is 44.4 Å². The molecule has 3 aromatic rings. The van der Waals surface area contributed by atoms with Crippen LogP contribution in [0.4, 0.5) is 9.80 Å². The van der Waals surface area contributed by atoms with Crippen molar-refractivity contribution in [2.24, 2.45) is 0 Å². The van der Waals surface area contributed by atoms with E-state index >= 15 is 0 Å². The lowest BCUT2D eigenvalue weighted by Crippen LogP contribution is -2.33. The second-order valence-corrected chi connectivity index (χ2v) is 7.58. The molecule has 3 heterocycles. The number of carbonyl (C=O) groups excluding carboxylic acids is 2. The molecule has 0 atom stereocenters. The predicted octanol–water partition coefficient (Wildman–Crippen LogP) is 4.06. The summed E-state index contributed by atoms with van der Waals surface area (Å²) in [6.45, 7) is 5.86. The minimum atomic E-state index is -0.642. The maximum atomic E-state index is 12.1. The first-order chi connectivity index (χ1) is 12.3. The minimum absolute atomic E-state index is 0.00581. The van der Waals surface area contributed by atoms with E-state index in [1.54, 1.807) is 12.4 Å². The molecule has 0 saturated heterocycles. The van der Waals surface area contributed by atoms with Crippen molar-refractivity contribution in [2.75, 3.05) is 5.32 Å². The summed E-state index contributed by atoms with van der Waals surface area (Å²) in [5.41, 5.74) is 2.36. The average molecular weight is 370 g/mol. The third-order valence-electron chi connectivity index (χ3n) is 3.58. The molecule has 0 aliphatic carbocycles. The largest absolute Gasteiger partial charge is 0.351 e. The fourth-order valence-corrected chi connectivity index (χ4v) is 2.95. The molecule has 0 bridgehead atoms. The molecule has 0 saturated carbocycles. The number of amides is 3. The number of nitrogens with one attached hydrogen (secondary N) is 2. The van der Waals surface area contributed by atoms with E-state index in [0.29, 0.717) is 10.7 Å². The number of rotatable bonds is 3. The van der Waals surface area contributed by atoms with Gasteiger partial charge in [0.15, 0.2) is 0 Å². The van der Waals surface area contributed by atoms with Crippen LogP contribution in [-0.2, 0) is 5.41 Å². The summed E-state index contributed by atoms with van der Waals surface area (Å²) < 4.78 is 5.02. The van der Waals surface area contributed by atoms with Crippen LogP contribution in [0.2, 0.25) is 0 Å². The Kier molecular flexibility index (Phi) is 4.85. The van der Waals surface area contributed by atoms with E-state index in [4.69, 9.17) is 4.52 Å². The van der Waals surface area contributed by atoms with Crippen LogP contribution in [0.15, 0.2) is 46.6 Å². The van der Waals surface area contributed by atoms with Gasteiger partial charge in [-0.05, 0) is 29.3 Å². The van der Waals surface area contributed by atoms with E-state index in [1.165, 1.54) is 17.4 Å². The number of thiophene rings is 1. The fraction of sp³-hybridized carbons (Fsp3) is 0.222. The van der Waals surface area contributed by atoms with Gasteiger partial charge in [0.2, 0.25) is 5.76 Å². The first-order valence-corrected chi connectivity index (χ1v) is 8.79. The van der Waals surface area contributed by atoms with Crippen molar-refractivity contribution < 1.29 is 14.1 Å². The van der Waals surface area contributed by atoms with Gasteiger partial charge in [0.05, 0.1) is 10.7 Å². The second kappa shape index (κ2) is 7.09. The lowest BCUT2D eigenvalue weighted by molar-refractivity contribution is 0.0930. The number of carbonyl (C=O) groups is 2. The zero-order chi connectivity index (χ0) is 18.7. The molecule has 26 heavy (non-hydrogen) atoms. The Morgan fingerprint density at radius 3 is 2.50 bits per heavy atom. The van der Waals surface area contributed by atoms with Gasteiger partial charge in [-0.2, -0.15) is 0 Å². The average Bonchev–Trinajstić information content (AvgIpc) is 3.24. The molecule has 0 fully saturated rings. The van der Waals surface area contributed by atoms with Gasteiger partial charge in [-0.15, -0.1) is 11.3 Å². The van der Waals surface area contributed by atoms with Crippen LogP contribution >= 0.6 is 11.3 Å². The summed E-state index contributed by atoms with van der Waals surface area (Å²) in [6.07, 6.45) is 3.41. The van der Waals surface area contributed by atoms with E-state index < -0.39 is 11.9 Å². The molecule has 3 rings (SSSR count). The maximum absolute atomic E-state index is 12.1. The van der Waals surface area contributed by atoms with Crippen LogP contribution in [-0.4, -0.2) is 22.1 Å². The Balaban J connectivity index is 1.61. The van der Waals surface area contributed by atoms with Gasteiger partial charge in [0.25, 0.3) is 5.91 Å². The first kappa shape index (κ1) is 17.8. The Morgan fingerprint density at radius 2 is 1.85 bits per heavy atom. The van der Waals surface area contributed by atoms with Crippen molar-refractivity contribution in [3.8, 4) is 11.1 Å². The number of urea groups is 1. The molecule has 3 amide bonds. The summed E-state index contributed by atoms with van der Waals surface area (Å²) in [6, 6.07) is 6.50. The molecule has 3 aromatic heterocycles. The van der Waals surface area contributed by atoms with Gasteiger partial charge < -0.3 is 4.52 Å². The quantitative estimate of drug-likeness (QED) is 0.725. The number of hydrogen-bond donors (Lipinski definition) is 2. The SMILES string of the molecule is CC(C)(C)c1cc(C(=O)NC(=O)Nc2cc(-c3ccncc3)cs2)on1. The van der Waals surface area contributed by atoms with Crippen LogP contribution in [0.1, 0.15) is 37.0 Å². The standard InChI is InChI=1S/C18H18N4O3S/c1-18(2,3)14-9-13(25-22-14)16(23)21-17(24)20-15-8-12(10-26-15)11-4-6-19-7-5-11/h4-10H,1-3H3,(H2,20,21,23,24). The monoisotopic (exact) mass is 370 g/mol. The zero-order valence-corrected chi connectivity index (χ0v) is 15.4. The molecule has 8 heteroatoms. The summed E-state index contributed by atoms with van der Waals surface area (Å²) in [7, 11) is 0. The number of pyridine rings is 1. The van der Waals surface area contributed by atoms with Gasteiger partial charge in [-0.3, -0.25) is 20.4 Å². The smallest absolute Gasteiger partial charge is 0.326 e. The molecule has 2 N–H and O–H groups in total. The molecule has 0 aliphatic rings. The predicted molar refractivity (Wildman–Crippen MR) is 99.2 cm³/mol. The highest BCUT2D eigenvalue weighted by Gasteiger charge is 2.22. The van der Waals surface area contributed by atoms with Crippen molar-refractivity contribution in [3.63, 3.8) is 0 Å². The van der Waals surface area contributed by atoms with Crippen molar-refractivity contribution in [3.05, 3.63) is 53.5 Å². The molecular weight excluding hydrogens is 352 g/mol. The van der Waals surface area contributed by atoms with Crippen LogP contribution < -0.4 is 10.6 Å². The topological polar surface area (TPSA) is 97.1 Å². The van der Waals surface area contributed by atoms with Gasteiger partial charge >= 0.3 is 6.03 Å². The Bertz CT molecular complexity index is 925. The number of anilines is 1.